The van der Waals surface area contributed by atoms with Gasteiger partial charge in [0.25, 0.3) is 5.91 Å². The molecule has 1 aromatic rings. The molecule has 20 heavy (non-hydrogen) atoms. The van der Waals surface area contributed by atoms with Gasteiger partial charge in [-0.05, 0) is 32.1 Å². The molecular weight excluding hydrogens is 254 g/mol. The minimum atomic E-state index is -0.0203. The fourth-order valence-corrected chi connectivity index (χ4v) is 2.21. The first-order valence-electron chi connectivity index (χ1n) is 6.79. The van der Waals surface area contributed by atoms with Gasteiger partial charge in [0.2, 0.25) is 0 Å². The highest BCUT2D eigenvalue weighted by Crippen LogP contribution is 2.16. The van der Waals surface area contributed by atoms with E-state index in [2.05, 4.69) is 18.0 Å². The van der Waals surface area contributed by atoms with Gasteiger partial charge < -0.3 is 14.5 Å². The Morgan fingerprint density at radius 2 is 2.10 bits per heavy atom. The van der Waals surface area contributed by atoms with E-state index >= 15 is 0 Å². The number of nitriles is 1. The quantitative estimate of drug-likeness (QED) is 0.827. The maximum absolute atomic E-state index is 12.1. The third-order valence-electron chi connectivity index (χ3n) is 3.43. The molecule has 0 bridgehead atoms. The number of carbonyl (C=O) groups is 1. The van der Waals surface area contributed by atoms with E-state index < -0.39 is 0 Å². The Morgan fingerprint density at radius 3 is 2.90 bits per heavy atom. The van der Waals surface area contributed by atoms with Crippen molar-refractivity contribution in [2.45, 2.75) is 6.42 Å². The van der Waals surface area contributed by atoms with Crippen molar-refractivity contribution in [1.29, 1.82) is 5.26 Å². The molecule has 0 atom stereocenters. The topological polar surface area (TPSA) is 56.6 Å². The zero-order valence-corrected chi connectivity index (χ0v) is 11.7. The Bertz CT molecular complexity index is 510. The minimum absolute atomic E-state index is 0.0115. The first-order valence-corrected chi connectivity index (χ1v) is 6.79. The maximum atomic E-state index is 12.1. The lowest BCUT2D eigenvalue weighted by Crippen LogP contribution is -2.37. The van der Waals surface area contributed by atoms with Gasteiger partial charge in [-0.2, -0.15) is 5.26 Å². The van der Waals surface area contributed by atoms with E-state index in [9.17, 15) is 4.79 Å². The lowest BCUT2D eigenvalue weighted by molar-refractivity contribution is -0.133. The Morgan fingerprint density at radius 1 is 1.30 bits per heavy atom. The van der Waals surface area contributed by atoms with E-state index in [1.165, 1.54) is 0 Å². The highest BCUT2D eigenvalue weighted by atomic mass is 16.5. The van der Waals surface area contributed by atoms with Gasteiger partial charge in [-0.1, -0.05) is 12.1 Å². The van der Waals surface area contributed by atoms with E-state index in [0.29, 0.717) is 11.3 Å². The normalized spacial score (nSPS) is 16.3. The van der Waals surface area contributed by atoms with Crippen molar-refractivity contribution >= 4 is 5.91 Å². The van der Waals surface area contributed by atoms with Crippen LogP contribution in [0.4, 0.5) is 0 Å². The molecule has 1 heterocycles. The van der Waals surface area contributed by atoms with E-state index in [1.54, 1.807) is 24.3 Å². The molecule has 2 rings (SSSR count). The molecule has 1 amide bonds. The Balaban J connectivity index is 1.90. The summed E-state index contributed by atoms with van der Waals surface area (Å²) < 4.78 is 5.48. The van der Waals surface area contributed by atoms with Gasteiger partial charge in [0.15, 0.2) is 6.61 Å². The molecular formula is C15H19N3O2. The predicted molar refractivity (Wildman–Crippen MR) is 75.3 cm³/mol. The molecule has 0 unspecified atom stereocenters. The molecule has 1 saturated heterocycles. The number of likely N-dealkylation sites (N-methyl/N-ethyl adjacent to an activating group) is 1. The highest BCUT2D eigenvalue weighted by molar-refractivity contribution is 5.77. The first-order chi connectivity index (χ1) is 9.70. The molecule has 1 aliphatic rings. The summed E-state index contributed by atoms with van der Waals surface area (Å²) >= 11 is 0. The lowest BCUT2D eigenvalue weighted by Gasteiger charge is -2.20. The van der Waals surface area contributed by atoms with Gasteiger partial charge in [0.05, 0.1) is 5.56 Å². The minimum Gasteiger partial charge on any atom is -0.482 e. The molecule has 0 saturated carbocycles. The number of ether oxygens (including phenoxy) is 1. The largest absolute Gasteiger partial charge is 0.482 e. The average molecular weight is 273 g/mol. The Kier molecular flexibility index (Phi) is 4.97. The first kappa shape index (κ1) is 14.4. The molecule has 5 heteroatoms. The van der Waals surface area contributed by atoms with Gasteiger partial charge >= 0.3 is 0 Å². The van der Waals surface area contributed by atoms with Crippen molar-refractivity contribution in [2.24, 2.45) is 0 Å². The molecule has 0 spiro atoms. The van der Waals surface area contributed by atoms with Crippen LogP contribution in [0.3, 0.4) is 0 Å². The average Bonchev–Trinajstić information content (AvgIpc) is 2.70. The summed E-state index contributed by atoms with van der Waals surface area (Å²) in [7, 11) is 2.06. The third kappa shape index (κ3) is 3.72. The predicted octanol–water partition coefficient (Wildman–Crippen LogP) is 1.10. The SMILES string of the molecule is CN1CCCN(C(=O)COc2ccccc2C#N)CC1. The highest BCUT2D eigenvalue weighted by Gasteiger charge is 2.18. The summed E-state index contributed by atoms with van der Waals surface area (Å²) in [6, 6.07) is 9.02. The number of nitrogens with zero attached hydrogens (tertiary/aromatic N) is 3. The van der Waals surface area contributed by atoms with Crippen LogP contribution < -0.4 is 4.74 Å². The van der Waals surface area contributed by atoms with Crippen LogP contribution in [0.5, 0.6) is 5.75 Å². The molecule has 0 N–H and O–H groups in total. The summed E-state index contributed by atoms with van der Waals surface area (Å²) in [6.07, 6.45) is 0.983. The van der Waals surface area contributed by atoms with Crippen molar-refractivity contribution in [3.63, 3.8) is 0 Å². The number of hydrogen-bond acceptors (Lipinski definition) is 4. The maximum Gasteiger partial charge on any atom is 0.260 e. The van der Waals surface area contributed by atoms with Gasteiger partial charge in [-0.15, -0.1) is 0 Å². The zero-order valence-electron chi connectivity index (χ0n) is 11.7. The standard InChI is InChI=1S/C15H19N3O2/c1-17-7-4-8-18(10-9-17)15(19)12-20-14-6-3-2-5-13(14)11-16/h2-3,5-6H,4,7-10,12H2,1H3. The number of rotatable bonds is 3. The summed E-state index contributed by atoms with van der Waals surface area (Å²) in [5.74, 6) is 0.448. The molecule has 1 aromatic carbocycles. The fourth-order valence-electron chi connectivity index (χ4n) is 2.21. The summed E-state index contributed by atoms with van der Waals surface area (Å²) in [4.78, 5) is 16.2. The molecule has 0 radical (unpaired) electrons. The second-order valence-corrected chi connectivity index (χ2v) is 4.93. The number of benzene rings is 1. The van der Waals surface area contributed by atoms with Gasteiger partial charge in [0.1, 0.15) is 11.8 Å². The van der Waals surface area contributed by atoms with E-state index in [-0.39, 0.29) is 12.5 Å². The van der Waals surface area contributed by atoms with E-state index in [1.807, 2.05) is 4.90 Å². The van der Waals surface area contributed by atoms with Gasteiger partial charge in [-0.3, -0.25) is 4.79 Å². The molecule has 1 aliphatic heterocycles. The number of para-hydroxylation sites is 1. The van der Waals surface area contributed by atoms with Crippen LogP contribution in [0.2, 0.25) is 0 Å². The number of carbonyl (C=O) groups excluding carboxylic acids is 1. The van der Waals surface area contributed by atoms with Crippen LogP contribution in [0.1, 0.15) is 12.0 Å². The van der Waals surface area contributed by atoms with Crippen LogP contribution in [0, 0.1) is 11.3 Å². The van der Waals surface area contributed by atoms with Crippen molar-refractivity contribution in [3.05, 3.63) is 29.8 Å². The summed E-state index contributed by atoms with van der Waals surface area (Å²) in [5, 5.41) is 8.97. The third-order valence-corrected chi connectivity index (χ3v) is 3.43. The van der Waals surface area contributed by atoms with Crippen LogP contribution in [-0.4, -0.2) is 55.5 Å². The van der Waals surface area contributed by atoms with Crippen molar-refractivity contribution in [2.75, 3.05) is 39.8 Å². The fraction of sp³-hybridized carbons (Fsp3) is 0.467. The molecule has 106 valence electrons. The molecule has 1 fully saturated rings. The Hall–Kier alpha value is -2.06. The van der Waals surface area contributed by atoms with E-state index in [0.717, 1.165) is 32.6 Å². The molecule has 0 aromatic heterocycles. The second-order valence-electron chi connectivity index (χ2n) is 4.93. The number of hydrogen-bond donors (Lipinski definition) is 0. The molecule has 5 nitrogen and oxygen atoms in total. The van der Waals surface area contributed by atoms with Gasteiger partial charge in [-0.25, -0.2) is 0 Å². The Labute approximate surface area is 119 Å². The van der Waals surface area contributed by atoms with Crippen LogP contribution >= 0.6 is 0 Å². The van der Waals surface area contributed by atoms with Crippen LogP contribution in [-0.2, 0) is 4.79 Å². The molecule has 0 aliphatic carbocycles. The van der Waals surface area contributed by atoms with Crippen molar-refractivity contribution < 1.29 is 9.53 Å². The van der Waals surface area contributed by atoms with Crippen molar-refractivity contribution in [3.8, 4) is 11.8 Å². The zero-order chi connectivity index (χ0) is 14.4. The van der Waals surface area contributed by atoms with Gasteiger partial charge in [0, 0.05) is 19.6 Å². The van der Waals surface area contributed by atoms with E-state index in [4.69, 9.17) is 10.00 Å². The smallest absolute Gasteiger partial charge is 0.260 e. The monoisotopic (exact) mass is 273 g/mol. The second kappa shape index (κ2) is 6.92. The van der Waals surface area contributed by atoms with Crippen LogP contribution in [0.15, 0.2) is 24.3 Å². The lowest BCUT2D eigenvalue weighted by atomic mass is 10.2. The summed E-state index contributed by atoms with van der Waals surface area (Å²) in [6.45, 7) is 3.40. The van der Waals surface area contributed by atoms with Crippen molar-refractivity contribution in [1.82, 2.24) is 9.80 Å². The summed E-state index contributed by atoms with van der Waals surface area (Å²) in [5.41, 5.74) is 0.455. The van der Waals surface area contributed by atoms with Crippen LogP contribution in [0.25, 0.3) is 0 Å². The number of amides is 1.